The van der Waals surface area contributed by atoms with Crippen LogP contribution in [0, 0.1) is 17.8 Å². The highest BCUT2D eigenvalue weighted by Crippen LogP contribution is 2.55. The Morgan fingerprint density at radius 1 is 1.21 bits per heavy atom. The Bertz CT molecular complexity index is 645. The fraction of sp³-hybridized carbons (Fsp3) is 0.941. The number of fused-ring (bicyclic) bond motifs is 5. The summed E-state index contributed by atoms with van der Waals surface area (Å²) in [6.45, 7) is 5.91. The third kappa shape index (κ3) is 2.35. The quantitative estimate of drug-likeness (QED) is 0.771. The molecule has 4 fully saturated rings. The maximum atomic E-state index is 13.0. The van der Waals surface area contributed by atoms with Crippen LogP contribution in [0.2, 0.25) is 0 Å². The van der Waals surface area contributed by atoms with E-state index in [9.17, 15) is 13.2 Å². The molecule has 0 spiro atoms. The van der Waals surface area contributed by atoms with E-state index in [2.05, 4.69) is 0 Å². The third-order valence-corrected chi connectivity index (χ3v) is 8.65. The molecule has 0 aromatic carbocycles. The average Bonchev–Trinajstić information content (AvgIpc) is 3.20. The zero-order valence-electron chi connectivity index (χ0n) is 14.6. The molecule has 24 heavy (non-hydrogen) atoms. The number of amides is 1. The Hall–Kier alpha value is -0.660. The molecule has 0 radical (unpaired) electrons. The summed E-state index contributed by atoms with van der Waals surface area (Å²) in [7, 11) is -3.56. The molecule has 2 aliphatic carbocycles. The molecule has 2 bridgehead atoms. The van der Waals surface area contributed by atoms with Gasteiger partial charge in [-0.1, -0.05) is 13.3 Å². The normalized spacial score (nSPS) is 44.9. The van der Waals surface area contributed by atoms with Gasteiger partial charge in [-0.15, -0.1) is 0 Å². The molecule has 2 saturated carbocycles. The van der Waals surface area contributed by atoms with Crippen molar-refractivity contribution in [3.05, 3.63) is 0 Å². The average molecular weight is 357 g/mol. The first-order chi connectivity index (χ1) is 11.2. The second-order valence-electron chi connectivity index (χ2n) is 8.26. The Kier molecular flexibility index (Phi) is 3.79. The number of nitrogens with zero attached hydrogens (tertiary/aromatic N) is 1. The minimum atomic E-state index is -3.56. The number of carbonyl (C=O) groups is 1. The van der Waals surface area contributed by atoms with Crippen LogP contribution in [-0.4, -0.2) is 48.4 Å². The molecule has 0 aromatic rings. The summed E-state index contributed by atoms with van der Waals surface area (Å²) in [4.78, 5) is 13.0. The minimum Gasteiger partial charge on any atom is -0.344 e. The smallest absolute Gasteiger partial charge is 0.268 e. The summed E-state index contributed by atoms with van der Waals surface area (Å²) in [5.41, 5.74) is 0. The zero-order chi connectivity index (χ0) is 17.3. The van der Waals surface area contributed by atoms with Gasteiger partial charge in [0.1, 0.15) is 0 Å². The summed E-state index contributed by atoms with van der Waals surface area (Å²) in [5, 5.41) is -0.347. The lowest BCUT2D eigenvalue weighted by Crippen LogP contribution is -2.46. The van der Waals surface area contributed by atoms with E-state index in [0.29, 0.717) is 18.9 Å². The Morgan fingerprint density at radius 3 is 2.58 bits per heavy atom. The first-order valence-electron chi connectivity index (χ1n) is 9.15. The van der Waals surface area contributed by atoms with Crippen LogP contribution in [-0.2, 0) is 24.3 Å². The van der Waals surface area contributed by atoms with Gasteiger partial charge in [-0.2, -0.15) is 0 Å². The van der Waals surface area contributed by atoms with Crippen LogP contribution >= 0.6 is 0 Å². The second kappa shape index (κ2) is 5.42. The lowest BCUT2D eigenvalue weighted by atomic mass is 9.88. The van der Waals surface area contributed by atoms with Gasteiger partial charge >= 0.3 is 0 Å². The van der Waals surface area contributed by atoms with Gasteiger partial charge < -0.3 is 9.47 Å². The number of rotatable bonds is 3. The van der Waals surface area contributed by atoms with Crippen molar-refractivity contribution in [3.8, 4) is 0 Å². The lowest BCUT2D eigenvalue weighted by Gasteiger charge is -2.24. The van der Waals surface area contributed by atoms with Crippen molar-refractivity contribution in [3.63, 3.8) is 0 Å². The first kappa shape index (κ1) is 16.8. The number of carbonyl (C=O) groups excluding carboxylic acids is 1. The molecular formula is C17H27NO5S. The molecule has 4 rings (SSSR count). The van der Waals surface area contributed by atoms with Gasteiger partial charge in [-0.05, 0) is 57.3 Å². The van der Waals surface area contributed by atoms with Crippen molar-refractivity contribution in [2.45, 2.75) is 76.1 Å². The molecule has 2 saturated heterocycles. The molecule has 7 heteroatoms. The zero-order valence-corrected chi connectivity index (χ0v) is 15.4. The van der Waals surface area contributed by atoms with Crippen molar-refractivity contribution in [1.29, 1.82) is 0 Å². The summed E-state index contributed by atoms with van der Waals surface area (Å²) in [6.07, 6.45) is 3.48. The molecule has 0 aromatic heterocycles. The van der Waals surface area contributed by atoms with Gasteiger partial charge in [0.25, 0.3) is 5.91 Å². The number of hydrogen-bond acceptors (Lipinski definition) is 5. The van der Waals surface area contributed by atoms with E-state index in [0.717, 1.165) is 30.0 Å². The fourth-order valence-electron chi connectivity index (χ4n) is 5.41. The van der Waals surface area contributed by atoms with E-state index >= 15 is 0 Å². The minimum absolute atomic E-state index is 0.123. The fourth-order valence-corrected chi connectivity index (χ4v) is 7.93. The van der Waals surface area contributed by atoms with Crippen LogP contribution in [0.5, 0.6) is 0 Å². The van der Waals surface area contributed by atoms with Crippen LogP contribution in [0.3, 0.4) is 0 Å². The van der Waals surface area contributed by atoms with Gasteiger partial charge in [0.05, 0.1) is 11.4 Å². The van der Waals surface area contributed by atoms with Gasteiger partial charge in [0.15, 0.2) is 11.9 Å². The predicted molar refractivity (Wildman–Crippen MR) is 87.5 cm³/mol. The van der Waals surface area contributed by atoms with Gasteiger partial charge in [0, 0.05) is 6.54 Å². The third-order valence-electron chi connectivity index (χ3n) is 6.28. The van der Waals surface area contributed by atoms with E-state index in [-0.39, 0.29) is 23.2 Å². The van der Waals surface area contributed by atoms with Crippen LogP contribution < -0.4 is 0 Å². The molecule has 0 N–H and O–H groups in total. The van der Waals surface area contributed by atoms with E-state index in [1.54, 1.807) is 13.8 Å². The number of sulfonamides is 1. The van der Waals surface area contributed by atoms with Crippen molar-refractivity contribution in [2.75, 3.05) is 6.54 Å². The molecule has 6 unspecified atom stereocenters. The van der Waals surface area contributed by atoms with Crippen LogP contribution in [0.1, 0.15) is 52.9 Å². The summed E-state index contributed by atoms with van der Waals surface area (Å²) < 4.78 is 38.8. The second-order valence-corrected chi connectivity index (χ2v) is 10.3. The number of hydrogen-bond donors (Lipinski definition) is 0. The van der Waals surface area contributed by atoms with E-state index in [4.69, 9.17) is 9.47 Å². The monoisotopic (exact) mass is 357 g/mol. The van der Waals surface area contributed by atoms with Gasteiger partial charge in [-0.25, -0.2) is 12.7 Å². The molecular weight excluding hydrogens is 330 g/mol. The topological polar surface area (TPSA) is 72.9 Å². The highest BCUT2D eigenvalue weighted by atomic mass is 32.2. The lowest BCUT2D eigenvalue weighted by molar-refractivity contribution is -0.159. The molecule has 6 nitrogen and oxygen atoms in total. The van der Waals surface area contributed by atoms with Crippen molar-refractivity contribution < 1.29 is 22.7 Å². The van der Waals surface area contributed by atoms with Crippen LogP contribution in [0.4, 0.5) is 0 Å². The van der Waals surface area contributed by atoms with Gasteiger partial charge in [-0.3, -0.25) is 4.79 Å². The predicted octanol–water partition coefficient (Wildman–Crippen LogP) is 1.89. The number of ether oxygens (including phenoxy) is 2. The van der Waals surface area contributed by atoms with Crippen molar-refractivity contribution in [1.82, 2.24) is 4.31 Å². The standard InChI is InChI=1S/C17H27NO5S/c1-4-5-13-14(23-17(2,3)22-13)16(19)18-9-12-10-6-7-11(8-10)15(12)24(18,20)21/h10-15H,4-9H2,1-3H3. The van der Waals surface area contributed by atoms with Crippen LogP contribution in [0.25, 0.3) is 0 Å². The van der Waals surface area contributed by atoms with Crippen molar-refractivity contribution >= 4 is 15.9 Å². The molecule has 136 valence electrons. The van der Waals surface area contributed by atoms with E-state index in [1.165, 1.54) is 0 Å². The molecule has 2 heterocycles. The van der Waals surface area contributed by atoms with Crippen LogP contribution in [0.15, 0.2) is 0 Å². The molecule has 2 aliphatic heterocycles. The first-order valence-corrected chi connectivity index (χ1v) is 10.7. The largest absolute Gasteiger partial charge is 0.344 e. The molecule has 4 aliphatic rings. The highest BCUT2D eigenvalue weighted by Gasteiger charge is 2.62. The van der Waals surface area contributed by atoms with Crippen molar-refractivity contribution in [2.24, 2.45) is 17.8 Å². The Balaban J connectivity index is 1.59. The summed E-state index contributed by atoms with van der Waals surface area (Å²) >= 11 is 0. The maximum absolute atomic E-state index is 13.0. The molecule has 6 atom stereocenters. The molecule has 1 amide bonds. The van der Waals surface area contributed by atoms with Gasteiger partial charge in [0.2, 0.25) is 10.0 Å². The maximum Gasteiger partial charge on any atom is 0.268 e. The Labute approximate surface area is 143 Å². The summed E-state index contributed by atoms with van der Waals surface area (Å²) in [6, 6.07) is 0. The Morgan fingerprint density at radius 2 is 1.92 bits per heavy atom. The highest BCUT2D eigenvalue weighted by molar-refractivity contribution is 7.90. The SMILES string of the molecule is CCCC1OC(C)(C)OC1C(=O)N1CC2C3CCC(C3)C2S1(=O)=O. The van der Waals surface area contributed by atoms with E-state index in [1.807, 2.05) is 6.92 Å². The van der Waals surface area contributed by atoms with E-state index < -0.39 is 27.8 Å². The summed E-state index contributed by atoms with van der Waals surface area (Å²) in [5.74, 6) is -0.438.